The molecular weight excluding hydrogens is 280 g/mol. The van der Waals surface area contributed by atoms with Crippen molar-refractivity contribution in [3.8, 4) is 0 Å². The second-order valence-corrected chi connectivity index (χ2v) is 4.54. The molecule has 0 saturated carbocycles. The van der Waals surface area contributed by atoms with E-state index < -0.39 is 37.0 Å². The number of hydrogen-bond acceptors (Lipinski definition) is 7. The van der Waals surface area contributed by atoms with Gasteiger partial charge in [0.25, 0.3) is 0 Å². The molecule has 4 N–H and O–H groups in total. The fourth-order valence-electron chi connectivity index (χ4n) is 1.64. The van der Waals surface area contributed by atoms with Crippen LogP contribution in [0, 0.1) is 0 Å². The highest BCUT2D eigenvalue weighted by Gasteiger charge is 2.31. The Kier molecular flexibility index (Phi) is 7.27. The van der Waals surface area contributed by atoms with Crippen LogP contribution < -0.4 is 0 Å². The van der Waals surface area contributed by atoms with Crippen molar-refractivity contribution in [3.05, 3.63) is 35.9 Å². The molecule has 118 valence electrons. The number of ether oxygens (including phenoxy) is 2. The summed E-state index contributed by atoms with van der Waals surface area (Å²) in [5.74, 6) is -0.659. The van der Waals surface area contributed by atoms with Crippen molar-refractivity contribution < 1.29 is 34.7 Å². The minimum atomic E-state index is -1.67. The van der Waals surface area contributed by atoms with Crippen LogP contribution in [0.1, 0.15) is 10.4 Å². The molecule has 7 nitrogen and oxygen atoms in total. The molecule has 1 rings (SSSR count). The number of benzene rings is 1. The second-order valence-electron chi connectivity index (χ2n) is 4.54. The topological polar surface area (TPSA) is 116 Å². The van der Waals surface area contributed by atoms with E-state index in [0.717, 1.165) is 0 Å². The maximum Gasteiger partial charge on any atom is 0.338 e. The standard InChI is InChI=1S/C14H20O7/c1-20-7-10(15)12(17)13(18)11(16)8-21-14(19)9-5-3-2-4-6-9/h2-6,10-13,15-18H,7-8H2,1H3. The number of carbonyl (C=O) groups is 1. The van der Waals surface area contributed by atoms with E-state index in [1.165, 1.54) is 7.11 Å². The zero-order chi connectivity index (χ0) is 15.8. The van der Waals surface area contributed by atoms with Crippen LogP contribution in [-0.4, -0.2) is 71.1 Å². The van der Waals surface area contributed by atoms with Crippen LogP contribution in [0.25, 0.3) is 0 Å². The largest absolute Gasteiger partial charge is 0.459 e. The lowest BCUT2D eigenvalue weighted by atomic mass is 10.0. The first kappa shape index (κ1) is 17.5. The first-order valence-electron chi connectivity index (χ1n) is 6.40. The fraction of sp³-hybridized carbons (Fsp3) is 0.500. The highest BCUT2D eigenvalue weighted by Crippen LogP contribution is 2.08. The van der Waals surface area contributed by atoms with Crippen LogP contribution in [0.4, 0.5) is 0 Å². The molecule has 0 amide bonds. The Labute approximate surface area is 122 Å². The molecule has 0 radical (unpaired) electrons. The predicted molar refractivity (Wildman–Crippen MR) is 72.6 cm³/mol. The third kappa shape index (κ3) is 5.41. The minimum absolute atomic E-state index is 0.200. The Morgan fingerprint density at radius 2 is 1.52 bits per heavy atom. The van der Waals surface area contributed by atoms with Gasteiger partial charge in [0, 0.05) is 7.11 Å². The van der Waals surface area contributed by atoms with Crippen LogP contribution in [-0.2, 0) is 9.47 Å². The highest BCUT2D eigenvalue weighted by molar-refractivity contribution is 5.89. The molecule has 0 heterocycles. The van der Waals surface area contributed by atoms with Crippen molar-refractivity contribution in [2.75, 3.05) is 20.3 Å². The Hall–Kier alpha value is -1.51. The molecule has 0 aliphatic heterocycles. The molecule has 7 heteroatoms. The first-order chi connectivity index (χ1) is 9.97. The molecule has 0 aromatic heterocycles. The summed E-state index contributed by atoms with van der Waals surface area (Å²) in [4.78, 5) is 11.6. The predicted octanol–water partition coefficient (Wildman–Crippen LogP) is -1.07. The second kappa shape index (κ2) is 8.71. The van der Waals surface area contributed by atoms with E-state index in [2.05, 4.69) is 4.74 Å². The summed E-state index contributed by atoms with van der Waals surface area (Å²) >= 11 is 0. The Bertz CT molecular complexity index is 423. The van der Waals surface area contributed by atoms with E-state index in [1.54, 1.807) is 30.3 Å². The van der Waals surface area contributed by atoms with Crippen molar-refractivity contribution in [2.24, 2.45) is 0 Å². The average Bonchev–Trinajstić information content (AvgIpc) is 2.51. The highest BCUT2D eigenvalue weighted by atomic mass is 16.5. The molecule has 1 aromatic carbocycles. The van der Waals surface area contributed by atoms with Gasteiger partial charge in [-0.05, 0) is 12.1 Å². The quantitative estimate of drug-likeness (QED) is 0.452. The maximum atomic E-state index is 11.6. The van der Waals surface area contributed by atoms with Crippen LogP contribution in [0.15, 0.2) is 30.3 Å². The van der Waals surface area contributed by atoms with Gasteiger partial charge in [0.05, 0.1) is 12.2 Å². The molecule has 1 aromatic rings. The summed E-state index contributed by atoms with van der Waals surface area (Å²) in [5, 5.41) is 38.3. The molecule has 0 aliphatic rings. The van der Waals surface area contributed by atoms with E-state index >= 15 is 0 Å². The van der Waals surface area contributed by atoms with Gasteiger partial charge in [0.2, 0.25) is 0 Å². The van der Waals surface area contributed by atoms with Gasteiger partial charge >= 0.3 is 5.97 Å². The number of hydrogen-bond donors (Lipinski definition) is 4. The van der Waals surface area contributed by atoms with Gasteiger partial charge in [-0.2, -0.15) is 0 Å². The van der Waals surface area contributed by atoms with Crippen molar-refractivity contribution in [1.29, 1.82) is 0 Å². The number of aliphatic hydroxyl groups is 4. The maximum absolute atomic E-state index is 11.6. The number of esters is 1. The monoisotopic (exact) mass is 300 g/mol. The van der Waals surface area contributed by atoms with Gasteiger partial charge in [-0.25, -0.2) is 4.79 Å². The van der Waals surface area contributed by atoms with Gasteiger partial charge in [-0.3, -0.25) is 0 Å². The van der Waals surface area contributed by atoms with E-state index in [-0.39, 0.29) is 6.61 Å². The molecular formula is C14H20O7. The van der Waals surface area contributed by atoms with Crippen LogP contribution in [0.3, 0.4) is 0 Å². The number of rotatable bonds is 8. The van der Waals surface area contributed by atoms with Crippen molar-refractivity contribution in [3.63, 3.8) is 0 Å². The van der Waals surface area contributed by atoms with Gasteiger partial charge < -0.3 is 29.9 Å². The third-order valence-electron chi connectivity index (χ3n) is 2.87. The summed E-state index contributed by atoms with van der Waals surface area (Å²) in [7, 11) is 1.32. The van der Waals surface area contributed by atoms with E-state index in [9.17, 15) is 25.2 Å². The molecule has 21 heavy (non-hydrogen) atoms. The molecule has 0 spiro atoms. The van der Waals surface area contributed by atoms with Crippen molar-refractivity contribution >= 4 is 5.97 Å². The Morgan fingerprint density at radius 1 is 1.00 bits per heavy atom. The SMILES string of the molecule is COCC(O)C(O)C(O)C(O)COC(=O)c1ccccc1. The molecule has 0 bridgehead atoms. The van der Waals surface area contributed by atoms with Crippen LogP contribution >= 0.6 is 0 Å². The fourth-order valence-corrected chi connectivity index (χ4v) is 1.64. The Morgan fingerprint density at radius 3 is 2.05 bits per heavy atom. The van der Waals surface area contributed by atoms with Gasteiger partial charge in [0.1, 0.15) is 31.0 Å². The lowest BCUT2D eigenvalue weighted by molar-refractivity contribution is -0.127. The first-order valence-corrected chi connectivity index (χ1v) is 6.40. The smallest absolute Gasteiger partial charge is 0.338 e. The van der Waals surface area contributed by atoms with Gasteiger partial charge in [-0.15, -0.1) is 0 Å². The van der Waals surface area contributed by atoms with Crippen LogP contribution in [0.5, 0.6) is 0 Å². The van der Waals surface area contributed by atoms with Crippen molar-refractivity contribution in [1.82, 2.24) is 0 Å². The third-order valence-corrected chi connectivity index (χ3v) is 2.87. The summed E-state index contributed by atoms with van der Waals surface area (Å²) < 4.78 is 9.45. The average molecular weight is 300 g/mol. The minimum Gasteiger partial charge on any atom is -0.459 e. The summed E-state index contributed by atoms with van der Waals surface area (Å²) in [5.41, 5.74) is 0.305. The van der Waals surface area contributed by atoms with E-state index in [1.807, 2.05) is 0 Å². The molecule has 4 atom stereocenters. The summed E-state index contributed by atoms with van der Waals surface area (Å²) in [6, 6.07) is 8.15. The van der Waals surface area contributed by atoms with Gasteiger partial charge in [-0.1, -0.05) is 18.2 Å². The number of aliphatic hydroxyl groups excluding tert-OH is 4. The lowest BCUT2D eigenvalue weighted by Gasteiger charge is -2.25. The lowest BCUT2D eigenvalue weighted by Crippen LogP contribution is -2.47. The molecule has 4 unspecified atom stereocenters. The number of methoxy groups -OCH3 is 1. The summed E-state index contributed by atoms with van der Waals surface area (Å²) in [6.45, 7) is -0.708. The van der Waals surface area contributed by atoms with Gasteiger partial charge in [0.15, 0.2) is 0 Å². The normalized spacial score (nSPS) is 16.8. The zero-order valence-electron chi connectivity index (χ0n) is 11.6. The molecule has 0 aliphatic carbocycles. The molecule has 0 saturated heterocycles. The summed E-state index contributed by atoms with van der Waals surface area (Å²) in [6.07, 6.45) is -6.17. The zero-order valence-corrected chi connectivity index (χ0v) is 11.6. The molecule has 0 fully saturated rings. The van der Waals surface area contributed by atoms with Crippen LogP contribution in [0.2, 0.25) is 0 Å². The Balaban J connectivity index is 2.45. The van der Waals surface area contributed by atoms with E-state index in [4.69, 9.17) is 4.74 Å². The van der Waals surface area contributed by atoms with E-state index in [0.29, 0.717) is 5.56 Å². The number of carbonyl (C=O) groups excluding carboxylic acids is 1. The van der Waals surface area contributed by atoms with Crippen molar-refractivity contribution in [2.45, 2.75) is 24.4 Å².